The highest BCUT2D eigenvalue weighted by molar-refractivity contribution is 5.95. The van der Waals surface area contributed by atoms with Crippen molar-refractivity contribution >= 4 is 18.0 Å². The van der Waals surface area contributed by atoms with Crippen LogP contribution in [0.1, 0.15) is 31.4 Å². The fraction of sp³-hybridized carbons (Fsp3) is 0.444. The number of allylic oxidation sites excluding steroid dienone is 1. The second-order valence-electron chi connectivity index (χ2n) is 5.31. The molecule has 0 spiro atoms. The lowest BCUT2D eigenvalue weighted by molar-refractivity contribution is -0.162. The summed E-state index contributed by atoms with van der Waals surface area (Å²) >= 11 is 0. The predicted molar refractivity (Wildman–Crippen MR) is 84.0 cm³/mol. The van der Waals surface area contributed by atoms with E-state index in [1.54, 1.807) is 13.8 Å². The van der Waals surface area contributed by atoms with Gasteiger partial charge < -0.3 is 9.47 Å². The van der Waals surface area contributed by atoms with E-state index in [9.17, 15) is 9.59 Å². The lowest BCUT2D eigenvalue weighted by Crippen LogP contribution is -2.30. The summed E-state index contributed by atoms with van der Waals surface area (Å²) in [5.74, 6) is -1.70. The van der Waals surface area contributed by atoms with Crippen molar-refractivity contribution in [3.8, 4) is 0 Å². The van der Waals surface area contributed by atoms with Gasteiger partial charge in [0.15, 0.2) is 5.92 Å². The third kappa shape index (κ3) is 3.97. The molecule has 0 heterocycles. The van der Waals surface area contributed by atoms with Crippen LogP contribution in [-0.4, -0.2) is 25.2 Å². The molecule has 1 aromatic rings. The Hall–Kier alpha value is -2.10. The van der Waals surface area contributed by atoms with Crippen LogP contribution in [0.25, 0.3) is 6.08 Å². The monoisotopic (exact) mass is 302 g/mol. The number of rotatable bonds is 6. The zero-order valence-electron chi connectivity index (χ0n) is 13.1. The molecule has 1 aliphatic rings. The van der Waals surface area contributed by atoms with Gasteiger partial charge in [-0.05, 0) is 43.7 Å². The third-order valence-electron chi connectivity index (χ3n) is 3.77. The van der Waals surface area contributed by atoms with E-state index in [2.05, 4.69) is 24.3 Å². The lowest BCUT2D eigenvalue weighted by Gasteiger charge is -2.22. The molecule has 0 saturated heterocycles. The first kappa shape index (κ1) is 16.3. The van der Waals surface area contributed by atoms with Gasteiger partial charge in [0.05, 0.1) is 13.2 Å². The number of carbonyl (C=O) groups is 2. The molecule has 1 aromatic carbocycles. The van der Waals surface area contributed by atoms with Crippen LogP contribution in [0.3, 0.4) is 0 Å². The molecule has 2 rings (SSSR count). The van der Waals surface area contributed by atoms with Crippen molar-refractivity contribution in [3.05, 3.63) is 41.5 Å². The summed E-state index contributed by atoms with van der Waals surface area (Å²) in [7, 11) is 0. The Morgan fingerprint density at radius 1 is 1.14 bits per heavy atom. The van der Waals surface area contributed by atoms with E-state index >= 15 is 0 Å². The van der Waals surface area contributed by atoms with E-state index in [0.717, 1.165) is 6.42 Å². The maximum absolute atomic E-state index is 12.0. The van der Waals surface area contributed by atoms with Crippen molar-refractivity contribution < 1.29 is 19.1 Å². The van der Waals surface area contributed by atoms with Gasteiger partial charge in [0.2, 0.25) is 0 Å². The van der Waals surface area contributed by atoms with E-state index in [1.807, 2.05) is 12.1 Å². The normalized spacial score (nSPS) is 16.2. The van der Waals surface area contributed by atoms with E-state index < -0.39 is 17.9 Å². The van der Waals surface area contributed by atoms with Crippen molar-refractivity contribution in [3.63, 3.8) is 0 Å². The molecular formula is C18H22O4. The van der Waals surface area contributed by atoms with Gasteiger partial charge in [-0.1, -0.05) is 36.4 Å². The Morgan fingerprint density at radius 3 is 2.41 bits per heavy atom. The molecule has 0 aromatic heterocycles. The van der Waals surface area contributed by atoms with Gasteiger partial charge in [0.25, 0.3) is 0 Å². The van der Waals surface area contributed by atoms with Gasteiger partial charge in [-0.15, -0.1) is 0 Å². The second kappa shape index (κ2) is 7.78. The number of ether oxygens (including phenoxy) is 2. The van der Waals surface area contributed by atoms with Crippen LogP contribution in [0.2, 0.25) is 0 Å². The van der Waals surface area contributed by atoms with E-state index in [1.165, 1.54) is 11.1 Å². The second-order valence-corrected chi connectivity index (χ2v) is 5.31. The van der Waals surface area contributed by atoms with Crippen LogP contribution in [0, 0.1) is 11.8 Å². The Morgan fingerprint density at radius 2 is 1.77 bits per heavy atom. The largest absolute Gasteiger partial charge is 0.465 e. The minimum atomic E-state index is -0.847. The average molecular weight is 302 g/mol. The van der Waals surface area contributed by atoms with Crippen LogP contribution in [0.15, 0.2) is 30.3 Å². The fourth-order valence-corrected chi connectivity index (χ4v) is 2.71. The van der Waals surface area contributed by atoms with Crippen LogP contribution >= 0.6 is 0 Å². The fourth-order valence-electron chi connectivity index (χ4n) is 2.71. The number of carbonyl (C=O) groups excluding carboxylic acids is 2. The summed E-state index contributed by atoms with van der Waals surface area (Å²) < 4.78 is 10.0. The molecule has 0 N–H and O–H groups in total. The van der Waals surface area contributed by atoms with Crippen molar-refractivity contribution in [1.29, 1.82) is 0 Å². The van der Waals surface area contributed by atoms with Crippen molar-refractivity contribution in [2.45, 2.75) is 26.7 Å². The molecule has 118 valence electrons. The molecule has 22 heavy (non-hydrogen) atoms. The molecule has 1 atom stereocenters. The van der Waals surface area contributed by atoms with Crippen molar-refractivity contribution in [2.24, 2.45) is 11.8 Å². The highest BCUT2D eigenvalue weighted by atomic mass is 16.6. The zero-order chi connectivity index (χ0) is 15.9. The molecule has 4 nitrogen and oxygen atoms in total. The van der Waals surface area contributed by atoms with Crippen molar-refractivity contribution in [1.82, 2.24) is 0 Å². The minimum absolute atomic E-state index is 0.133. The molecule has 0 fully saturated rings. The molecule has 4 heteroatoms. The van der Waals surface area contributed by atoms with Crippen LogP contribution in [-0.2, 0) is 25.5 Å². The Kier molecular flexibility index (Phi) is 5.75. The van der Waals surface area contributed by atoms with Gasteiger partial charge in [0.1, 0.15) is 0 Å². The summed E-state index contributed by atoms with van der Waals surface area (Å²) in [6.45, 7) is 3.99. The number of hydrogen-bond donors (Lipinski definition) is 0. The van der Waals surface area contributed by atoms with Gasteiger partial charge in [-0.2, -0.15) is 0 Å². The quantitative estimate of drug-likeness (QED) is 0.599. The first-order chi connectivity index (χ1) is 10.7. The Bertz CT molecular complexity index is 544. The summed E-state index contributed by atoms with van der Waals surface area (Å²) in [6.07, 6.45) is 5.36. The van der Waals surface area contributed by atoms with E-state index in [4.69, 9.17) is 9.47 Å². The molecular weight excluding hydrogens is 280 g/mol. The van der Waals surface area contributed by atoms with Crippen molar-refractivity contribution in [2.75, 3.05) is 13.2 Å². The summed E-state index contributed by atoms with van der Waals surface area (Å²) in [5.41, 5.74) is 2.43. The zero-order valence-corrected chi connectivity index (χ0v) is 13.1. The molecule has 0 aliphatic heterocycles. The minimum Gasteiger partial charge on any atom is -0.465 e. The maximum Gasteiger partial charge on any atom is 0.320 e. The Balaban J connectivity index is 2.08. The smallest absolute Gasteiger partial charge is 0.320 e. The first-order valence-electron chi connectivity index (χ1n) is 7.75. The first-order valence-corrected chi connectivity index (χ1v) is 7.75. The molecule has 1 unspecified atom stereocenters. The van der Waals surface area contributed by atoms with E-state index in [0.29, 0.717) is 6.42 Å². The number of fused-ring (bicyclic) bond motifs is 1. The number of esters is 2. The summed E-state index contributed by atoms with van der Waals surface area (Å²) in [4.78, 5) is 24.1. The van der Waals surface area contributed by atoms with E-state index in [-0.39, 0.29) is 19.1 Å². The lowest BCUT2D eigenvalue weighted by atomic mass is 9.84. The summed E-state index contributed by atoms with van der Waals surface area (Å²) in [6, 6.07) is 8.15. The predicted octanol–water partition coefficient (Wildman–Crippen LogP) is 3.00. The van der Waals surface area contributed by atoms with Crippen LogP contribution in [0.4, 0.5) is 0 Å². The van der Waals surface area contributed by atoms with Gasteiger partial charge in [0, 0.05) is 0 Å². The van der Waals surface area contributed by atoms with Gasteiger partial charge in [-0.25, -0.2) is 0 Å². The average Bonchev–Trinajstić information content (AvgIpc) is 2.52. The molecule has 0 amide bonds. The third-order valence-corrected chi connectivity index (χ3v) is 3.77. The highest BCUT2D eigenvalue weighted by Crippen LogP contribution is 2.28. The molecule has 0 bridgehead atoms. The van der Waals surface area contributed by atoms with Crippen LogP contribution < -0.4 is 0 Å². The van der Waals surface area contributed by atoms with Gasteiger partial charge in [-0.3, -0.25) is 9.59 Å². The van der Waals surface area contributed by atoms with Crippen LogP contribution in [0.5, 0.6) is 0 Å². The number of hydrogen-bond acceptors (Lipinski definition) is 4. The maximum atomic E-state index is 12.0. The SMILES string of the molecule is CCOC(=O)C(CC1C=Cc2ccccc2C1)C(=O)OCC. The highest BCUT2D eigenvalue weighted by Gasteiger charge is 2.32. The standard InChI is InChI=1S/C18H22O4/c1-3-21-17(19)16(18(20)22-4-2)12-13-9-10-14-7-5-6-8-15(14)11-13/h5-10,13,16H,3-4,11-12H2,1-2H3. The van der Waals surface area contributed by atoms with Gasteiger partial charge >= 0.3 is 11.9 Å². The molecule has 1 aliphatic carbocycles. The summed E-state index contributed by atoms with van der Waals surface area (Å²) in [5, 5.41) is 0. The number of benzene rings is 1. The topological polar surface area (TPSA) is 52.6 Å². The molecule has 0 radical (unpaired) electrons. The molecule has 0 saturated carbocycles. The Labute approximate surface area is 131 Å².